The number of nitrogens with zero attached hydrogens (tertiary/aromatic N) is 2. The molecule has 0 spiro atoms. The van der Waals surface area contributed by atoms with Crippen LogP contribution in [0.5, 0.6) is 0 Å². The second kappa shape index (κ2) is 10.9. The molecule has 1 aromatic heterocycles. The summed E-state index contributed by atoms with van der Waals surface area (Å²) in [7, 11) is 1.09. The van der Waals surface area contributed by atoms with E-state index < -0.39 is 10.8 Å². The molecular weight excluding hydrogens is 471 g/mol. The quantitative estimate of drug-likeness (QED) is 0.374. The normalized spacial score (nSPS) is 21.3. The summed E-state index contributed by atoms with van der Waals surface area (Å²) >= 11 is 0. The molecule has 2 N–H and O–H groups in total. The van der Waals surface area contributed by atoms with Crippen LogP contribution in [0.4, 0.5) is 0 Å². The van der Waals surface area contributed by atoms with Crippen LogP contribution in [0.3, 0.4) is 0 Å². The molecule has 1 saturated carbocycles. The van der Waals surface area contributed by atoms with Crippen molar-refractivity contribution in [1.29, 1.82) is 0 Å². The maximum atomic E-state index is 12.1. The standard InChI is InChI=1S/C20H28N4OS.HI/c1-3-26(25)17-8-6-7-16(13-17)24-20(21-2)23-14-15-11-12-22-19-10-5-4-9-18(15)19;/h4-5,9-12,16-17H,3,6-8,13-14H2,1-2H3,(H2,21,23,24);1H. The first-order valence-electron chi connectivity index (χ1n) is 9.38. The lowest BCUT2D eigenvalue weighted by Gasteiger charge is -2.30. The van der Waals surface area contributed by atoms with Crippen molar-refractivity contribution in [2.45, 2.75) is 50.4 Å². The van der Waals surface area contributed by atoms with Crippen molar-refractivity contribution < 1.29 is 4.21 Å². The minimum absolute atomic E-state index is 0. The third-order valence-corrected chi connectivity index (χ3v) is 6.77. The van der Waals surface area contributed by atoms with Gasteiger partial charge in [-0.2, -0.15) is 0 Å². The van der Waals surface area contributed by atoms with Crippen LogP contribution < -0.4 is 10.6 Å². The molecule has 1 aromatic carbocycles. The van der Waals surface area contributed by atoms with E-state index in [-0.39, 0.29) is 24.0 Å². The molecule has 27 heavy (non-hydrogen) atoms. The van der Waals surface area contributed by atoms with Crippen LogP contribution in [0, 0.1) is 0 Å². The fourth-order valence-corrected chi connectivity index (χ4v) is 4.97. The maximum absolute atomic E-state index is 12.1. The number of rotatable bonds is 5. The first-order valence-corrected chi connectivity index (χ1v) is 10.8. The number of para-hydroxylation sites is 1. The summed E-state index contributed by atoms with van der Waals surface area (Å²) < 4.78 is 12.1. The van der Waals surface area contributed by atoms with Crippen molar-refractivity contribution in [1.82, 2.24) is 15.6 Å². The highest BCUT2D eigenvalue weighted by atomic mass is 127. The van der Waals surface area contributed by atoms with Gasteiger partial charge in [-0.05, 0) is 37.0 Å². The molecule has 0 aliphatic heterocycles. The summed E-state index contributed by atoms with van der Waals surface area (Å²) in [6.07, 6.45) is 6.12. The van der Waals surface area contributed by atoms with Crippen molar-refractivity contribution in [3.63, 3.8) is 0 Å². The molecule has 148 valence electrons. The van der Waals surface area contributed by atoms with E-state index in [1.807, 2.05) is 37.4 Å². The molecule has 1 fully saturated rings. The van der Waals surface area contributed by atoms with Crippen LogP contribution in [0.2, 0.25) is 0 Å². The molecule has 7 heteroatoms. The van der Waals surface area contributed by atoms with E-state index in [1.54, 1.807) is 7.05 Å². The molecule has 0 saturated heterocycles. The minimum atomic E-state index is -0.707. The predicted molar refractivity (Wildman–Crippen MR) is 125 cm³/mol. The molecular formula is C20H29IN4OS. The summed E-state index contributed by atoms with van der Waals surface area (Å²) in [5.74, 6) is 1.55. The number of aliphatic imine (C=N–C) groups is 1. The fraction of sp³-hybridized carbons (Fsp3) is 0.500. The van der Waals surface area contributed by atoms with Crippen molar-refractivity contribution in [2.75, 3.05) is 12.8 Å². The number of aromatic nitrogens is 1. The zero-order chi connectivity index (χ0) is 18.4. The Labute approximate surface area is 181 Å². The second-order valence-electron chi connectivity index (χ2n) is 6.71. The molecule has 3 rings (SSSR count). The van der Waals surface area contributed by atoms with Gasteiger partial charge in [0.25, 0.3) is 0 Å². The van der Waals surface area contributed by atoms with Crippen LogP contribution >= 0.6 is 24.0 Å². The Bertz CT molecular complexity index is 793. The average Bonchev–Trinajstić information content (AvgIpc) is 2.70. The van der Waals surface area contributed by atoms with Crippen molar-refractivity contribution in [3.8, 4) is 0 Å². The minimum Gasteiger partial charge on any atom is -0.354 e. The molecule has 1 aliphatic carbocycles. The Balaban J connectivity index is 0.00000261. The molecule has 3 atom stereocenters. The molecule has 1 aliphatic rings. The SMILES string of the molecule is CCS(=O)C1CCCC(NC(=NC)NCc2ccnc3ccccc23)C1.I. The Morgan fingerprint density at radius 1 is 1.30 bits per heavy atom. The van der Waals surface area contributed by atoms with E-state index >= 15 is 0 Å². The van der Waals surface area contributed by atoms with E-state index in [0.29, 0.717) is 17.8 Å². The number of halogens is 1. The van der Waals surface area contributed by atoms with Crippen molar-refractivity contribution in [3.05, 3.63) is 42.1 Å². The lowest BCUT2D eigenvalue weighted by atomic mass is 9.95. The highest BCUT2D eigenvalue weighted by molar-refractivity contribution is 14.0. The van der Waals surface area contributed by atoms with Crippen LogP contribution in [-0.2, 0) is 17.3 Å². The third-order valence-electron chi connectivity index (χ3n) is 5.03. The summed E-state index contributed by atoms with van der Waals surface area (Å²) in [6, 6.07) is 10.6. The van der Waals surface area contributed by atoms with Gasteiger partial charge in [0.1, 0.15) is 0 Å². The van der Waals surface area contributed by atoms with E-state index in [2.05, 4.69) is 26.7 Å². The number of fused-ring (bicyclic) bond motifs is 1. The van der Waals surface area contributed by atoms with Crippen molar-refractivity contribution >= 4 is 51.6 Å². The summed E-state index contributed by atoms with van der Waals surface area (Å²) in [5, 5.41) is 8.41. The Hall–Kier alpha value is -1.22. The van der Waals surface area contributed by atoms with Crippen LogP contribution in [0.1, 0.15) is 38.2 Å². The van der Waals surface area contributed by atoms with Gasteiger partial charge in [-0.15, -0.1) is 24.0 Å². The van der Waals surface area contributed by atoms with Crippen LogP contribution in [-0.4, -0.2) is 39.2 Å². The van der Waals surface area contributed by atoms with Gasteiger partial charge in [-0.1, -0.05) is 31.5 Å². The fourth-order valence-electron chi connectivity index (χ4n) is 3.63. The largest absolute Gasteiger partial charge is 0.354 e. The Morgan fingerprint density at radius 3 is 2.89 bits per heavy atom. The Kier molecular flexibility index (Phi) is 8.95. The third kappa shape index (κ3) is 5.88. The molecule has 0 radical (unpaired) electrons. The van der Waals surface area contributed by atoms with Gasteiger partial charge in [0, 0.05) is 53.0 Å². The van der Waals surface area contributed by atoms with E-state index in [9.17, 15) is 4.21 Å². The lowest BCUT2D eigenvalue weighted by molar-refractivity contribution is 0.413. The average molecular weight is 500 g/mol. The topological polar surface area (TPSA) is 66.4 Å². The van der Waals surface area contributed by atoms with Gasteiger partial charge < -0.3 is 10.6 Å². The number of benzene rings is 1. The number of guanidine groups is 1. The van der Waals surface area contributed by atoms with Gasteiger partial charge in [-0.25, -0.2) is 0 Å². The lowest BCUT2D eigenvalue weighted by Crippen LogP contribution is -2.46. The van der Waals surface area contributed by atoms with Crippen LogP contribution in [0.25, 0.3) is 10.9 Å². The number of hydrogen-bond donors (Lipinski definition) is 2. The molecule has 1 heterocycles. The molecule has 2 aromatic rings. The van der Waals surface area contributed by atoms with E-state index in [0.717, 1.165) is 48.3 Å². The molecule has 5 nitrogen and oxygen atoms in total. The van der Waals surface area contributed by atoms with E-state index in [4.69, 9.17) is 0 Å². The van der Waals surface area contributed by atoms with E-state index in [1.165, 1.54) is 5.56 Å². The summed E-state index contributed by atoms with van der Waals surface area (Å²) in [6.45, 7) is 2.70. The first kappa shape index (κ1) is 22.1. The maximum Gasteiger partial charge on any atom is 0.191 e. The number of nitrogens with one attached hydrogen (secondary N) is 2. The Morgan fingerprint density at radius 2 is 2.11 bits per heavy atom. The predicted octanol–water partition coefficient (Wildman–Crippen LogP) is 3.60. The van der Waals surface area contributed by atoms with Gasteiger partial charge in [-0.3, -0.25) is 14.2 Å². The van der Waals surface area contributed by atoms with Gasteiger partial charge in [0.05, 0.1) is 5.52 Å². The highest BCUT2D eigenvalue weighted by Gasteiger charge is 2.26. The molecule has 0 amide bonds. The van der Waals surface area contributed by atoms with Gasteiger partial charge >= 0.3 is 0 Å². The zero-order valence-electron chi connectivity index (χ0n) is 16.0. The van der Waals surface area contributed by atoms with Gasteiger partial charge in [0.2, 0.25) is 0 Å². The van der Waals surface area contributed by atoms with Crippen LogP contribution in [0.15, 0.2) is 41.5 Å². The highest BCUT2D eigenvalue weighted by Crippen LogP contribution is 2.23. The summed E-state index contributed by atoms with van der Waals surface area (Å²) in [5.41, 5.74) is 2.21. The zero-order valence-corrected chi connectivity index (χ0v) is 19.1. The number of pyridine rings is 1. The number of hydrogen-bond acceptors (Lipinski definition) is 3. The van der Waals surface area contributed by atoms with Crippen molar-refractivity contribution in [2.24, 2.45) is 4.99 Å². The monoisotopic (exact) mass is 500 g/mol. The van der Waals surface area contributed by atoms with Gasteiger partial charge in [0.15, 0.2) is 5.96 Å². The summed E-state index contributed by atoms with van der Waals surface area (Å²) in [4.78, 5) is 8.78. The molecule has 3 unspecified atom stereocenters. The molecule has 0 bridgehead atoms. The smallest absolute Gasteiger partial charge is 0.191 e. The second-order valence-corrected chi connectivity index (χ2v) is 8.72. The first-order chi connectivity index (χ1) is 12.7.